The summed E-state index contributed by atoms with van der Waals surface area (Å²) in [4.78, 5) is 11.9. The Balaban J connectivity index is 2.64. The van der Waals surface area contributed by atoms with Gasteiger partial charge in [-0.3, -0.25) is 4.79 Å². The first-order chi connectivity index (χ1) is 7.69. The molecule has 0 aromatic heterocycles. The maximum atomic E-state index is 11.9. The molecule has 6 heteroatoms. The van der Waals surface area contributed by atoms with Gasteiger partial charge in [0.2, 0.25) is 5.91 Å². The van der Waals surface area contributed by atoms with Crippen LogP contribution in [0.2, 0.25) is 0 Å². The van der Waals surface area contributed by atoms with E-state index in [4.69, 9.17) is 5.73 Å². The van der Waals surface area contributed by atoms with Gasteiger partial charge >= 0.3 is 0 Å². The topological polar surface area (TPSA) is 89.3 Å². The molecule has 0 aromatic rings. The average Bonchev–Trinajstić information content (AvgIpc) is 2.50. The average molecular weight is 262 g/mol. The zero-order chi connectivity index (χ0) is 13.3. The zero-order valence-corrected chi connectivity index (χ0v) is 11.5. The highest BCUT2D eigenvalue weighted by molar-refractivity contribution is 7.91. The summed E-state index contributed by atoms with van der Waals surface area (Å²) >= 11 is 0. The van der Waals surface area contributed by atoms with Crippen LogP contribution in [-0.2, 0) is 14.6 Å². The van der Waals surface area contributed by atoms with Crippen LogP contribution in [0.4, 0.5) is 0 Å². The lowest BCUT2D eigenvalue weighted by molar-refractivity contribution is -0.124. The molecule has 3 atom stereocenters. The summed E-state index contributed by atoms with van der Waals surface area (Å²) in [5, 5.41) is 2.78. The van der Waals surface area contributed by atoms with Crippen molar-refractivity contribution in [1.82, 2.24) is 5.32 Å². The summed E-state index contributed by atoms with van der Waals surface area (Å²) in [6.07, 6.45) is 1.29. The molecule has 1 aliphatic rings. The van der Waals surface area contributed by atoms with Gasteiger partial charge in [0, 0.05) is 0 Å². The number of nitrogens with one attached hydrogen (secondary N) is 1. The monoisotopic (exact) mass is 262 g/mol. The van der Waals surface area contributed by atoms with E-state index in [-0.39, 0.29) is 23.3 Å². The van der Waals surface area contributed by atoms with Crippen LogP contribution < -0.4 is 11.1 Å². The van der Waals surface area contributed by atoms with Gasteiger partial charge in [0.05, 0.1) is 23.1 Å². The smallest absolute Gasteiger partial charge is 0.237 e. The van der Waals surface area contributed by atoms with Gasteiger partial charge in [-0.05, 0) is 19.3 Å². The Morgan fingerprint density at radius 1 is 1.53 bits per heavy atom. The predicted octanol–water partition coefficient (Wildman–Crippen LogP) is 0.0532. The van der Waals surface area contributed by atoms with E-state index in [1.54, 1.807) is 6.92 Å². The Bertz CT molecular complexity index is 394. The number of hydrogen-bond donors (Lipinski definition) is 2. The Kier molecular flexibility index (Phi) is 4.19. The summed E-state index contributed by atoms with van der Waals surface area (Å²) in [6.45, 7) is 5.65. The van der Waals surface area contributed by atoms with Crippen LogP contribution in [-0.4, -0.2) is 37.4 Å². The van der Waals surface area contributed by atoms with E-state index in [0.29, 0.717) is 6.42 Å². The molecule has 5 nitrogen and oxygen atoms in total. The Morgan fingerprint density at radius 2 is 2.12 bits per heavy atom. The molecule has 0 saturated carbocycles. The highest BCUT2D eigenvalue weighted by Gasteiger charge is 2.40. The fraction of sp³-hybridized carbons (Fsp3) is 0.909. The first-order valence-corrected chi connectivity index (χ1v) is 7.79. The Hall–Kier alpha value is -0.620. The molecular formula is C11H22N2O3S. The summed E-state index contributed by atoms with van der Waals surface area (Å²) in [6, 6.07) is -0.569. The molecule has 17 heavy (non-hydrogen) atoms. The predicted molar refractivity (Wildman–Crippen MR) is 67.2 cm³/mol. The van der Waals surface area contributed by atoms with Crippen LogP contribution in [0.15, 0.2) is 0 Å². The fourth-order valence-electron chi connectivity index (χ4n) is 2.00. The van der Waals surface area contributed by atoms with Crippen molar-refractivity contribution in [3.05, 3.63) is 0 Å². The van der Waals surface area contributed by atoms with Crippen molar-refractivity contribution in [1.29, 1.82) is 0 Å². The van der Waals surface area contributed by atoms with Crippen molar-refractivity contribution < 1.29 is 13.2 Å². The second kappa shape index (κ2) is 4.94. The van der Waals surface area contributed by atoms with Crippen LogP contribution in [0.25, 0.3) is 0 Å². The van der Waals surface area contributed by atoms with Crippen LogP contribution in [0, 0.1) is 5.92 Å². The van der Waals surface area contributed by atoms with Crippen molar-refractivity contribution in [2.24, 2.45) is 11.7 Å². The van der Waals surface area contributed by atoms with E-state index < -0.39 is 21.4 Å². The van der Waals surface area contributed by atoms with Gasteiger partial charge in [0.25, 0.3) is 0 Å². The Morgan fingerprint density at radius 3 is 2.53 bits per heavy atom. The summed E-state index contributed by atoms with van der Waals surface area (Å²) < 4.78 is 22.8. The van der Waals surface area contributed by atoms with Crippen LogP contribution in [0.5, 0.6) is 0 Å². The lowest BCUT2D eigenvalue weighted by Crippen LogP contribution is -2.54. The van der Waals surface area contributed by atoms with E-state index in [0.717, 1.165) is 6.42 Å². The summed E-state index contributed by atoms with van der Waals surface area (Å²) in [5.74, 6) is -0.00281. The highest BCUT2D eigenvalue weighted by atomic mass is 32.2. The molecule has 3 N–H and O–H groups in total. The lowest BCUT2D eigenvalue weighted by Gasteiger charge is -2.27. The molecule has 0 aromatic carbocycles. The quantitative estimate of drug-likeness (QED) is 0.749. The lowest BCUT2D eigenvalue weighted by atomic mass is 9.96. The van der Waals surface area contributed by atoms with Gasteiger partial charge in [-0.25, -0.2) is 8.42 Å². The number of amides is 1. The largest absolute Gasteiger partial charge is 0.349 e. The molecule has 0 radical (unpaired) electrons. The standard InChI is InChI=1S/C11H22N2O3S/c1-4-8(2)9(12)10(14)13-11(3)5-6-17(15,16)7-11/h8-9H,4-7,12H2,1-3H3,(H,13,14)/t8?,9-,11?/m1/s1. The molecule has 1 fully saturated rings. The van der Waals surface area contributed by atoms with Gasteiger partial charge in [-0.15, -0.1) is 0 Å². The number of carbonyl (C=O) groups is 1. The van der Waals surface area contributed by atoms with E-state index >= 15 is 0 Å². The molecule has 0 spiro atoms. The molecular weight excluding hydrogens is 240 g/mol. The molecule has 2 unspecified atom stereocenters. The number of hydrogen-bond acceptors (Lipinski definition) is 4. The molecule has 1 rings (SSSR count). The number of nitrogens with two attached hydrogens (primary N) is 1. The third-order valence-corrected chi connectivity index (χ3v) is 5.39. The number of rotatable bonds is 4. The van der Waals surface area contributed by atoms with Crippen molar-refractivity contribution in [3.8, 4) is 0 Å². The maximum Gasteiger partial charge on any atom is 0.237 e. The minimum absolute atomic E-state index is 0.0129. The molecule has 0 aliphatic carbocycles. The number of carbonyl (C=O) groups excluding carboxylic acids is 1. The van der Waals surface area contributed by atoms with Crippen LogP contribution >= 0.6 is 0 Å². The summed E-state index contributed by atoms with van der Waals surface area (Å²) in [7, 11) is -3.01. The third kappa shape index (κ3) is 3.67. The van der Waals surface area contributed by atoms with Crippen LogP contribution in [0.3, 0.4) is 0 Å². The first kappa shape index (κ1) is 14.4. The third-order valence-electron chi connectivity index (χ3n) is 3.49. The van der Waals surface area contributed by atoms with Gasteiger partial charge in [0.1, 0.15) is 0 Å². The highest BCUT2D eigenvalue weighted by Crippen LogP contribution is 2.23. The van der Waals surface area contributed by atoms with Crippen molar-refractivity contribution in [2.45, 2.75) is 45.2 Å². The second-order valence-electron chi connectivity index (χ2n) is 5.30. The SMILES string of the molecule is CCC(C)[C@@H](N)C(=O)NC1(C)CCS(=O)(=O)C1. The molecule has 1 amide bonds. The fourth-order valence-corrected chi connectivity index (χ4v) is 4.10. The minimum atomic E-state index is -3.01. The second-order valence-corrected chi connectivity index (χ2v) is 7.49. The molecule has 1 heterocycles. The maximum absolute atomic E-state index is 11.9. The Labute approximate surface area is 103 Å². The van der Waals surface area contributed by atoms with Crippen molar-refractivity contribution >= 4 is 15.7 Å². The van der Waals surface area contributed by atoms with Gasteiger partial charge < -0.3 is 11.1 Å². The van der Waals surface area contributed by atoms with E-state index in [2.05, 4.69) is 5.32 Å². The number of sulfone groups is 1. The zero-order valence-electron chi connectivity index (χ0n) is 10.7. The first-order valence-electron chi connectivity index (χ1n) is 5.97. The van der Waals surface area contributed by atoms with E-state index in [9.17, 15) is 13.2 Å². The van der Waals surface area contributed by atoms with Gasteiger partial charge in [-0.2, -0.15) is 0 Å². The molecule has 0 bridgehead atoms. The van der Waals surface area contributed by atoms with Gasteiger partial charge in [0.15, 0.2) is 9.84 Å². The van der Waals surface area contributed by atoms with E-state index in [1.165, 1.54) is 0 Å². The van der Waals surface area contributed by atoms with Crippen LogP contribution in [0.1, 0.15) is 33.6 Å². The molecule has 100 valence electrons. The van der Waals surface area contributed by atoms with Crippen molar-refractivity contribution in [2.75, 3.05) is 11.5 Å². The van der Waals surface area contributed by atoms with E-state index in [1.807, 2.05) is 13.8 Å². The summed E-state index contributed by atoms with van der Waals surface area (Å²) in [5.41, 5.74) is 5.16. The van der Waals surface area contributed by atoms with Crippen molar-refractivity contribution in [3.63, 3.8) is 0 Å². The van der Waals surface area contributed by atoms with Gasteiger partial charge in [-0.1, -0.05) is 20.3 Å². The minimum Gasteiger partial charge on any atom is -0.349 e. The normalized spacial score (nSPS) is 30.8. The molecule has 1 aliphatic heterocycles. The molecule has 1 saturated heterocycles.